The minimum absolute atomic E-state index is 0.368. The molecule has 15 heavy (non-hydrogen) atoms. The first-order chi connectivity index (χ1) is 7.06. The Morgan fingerprint density at radius 3 is 2.40 bits per heavy atom. The molecule has 1 aliphatic carbocycles. The maximum Gasteiger partial charge on any atom is 0.0278 e. The Kier molecular flexibility index (Phi) is 3.09. The van der Waals surface area contributed by atoms with Crippen LogP contribution < -0.4 is 10.6 Å². The van der Waals surface area contributed by atoms with Crippen LogP contribution >= 0.6 is 0 Å². The van der Waals surface area contributed by atoms with E-state index in [4.69, 9.17) is 0 Å². The molecule has 1 heterocycles. The van der Waals surface area contributed by atoms with E-state index in [9.17, 15) is 0 Å². The second-order valence-electron chi connectivity index (χ2n) is 6.21. The van der Waals surface area contributed by atoms with Gasteiger partial charge in [-0.2, -0.15) is 0 Å². The average Bonchev–Trinajstić information content (AvgIpc) is 2.84. The molecule has 1 saturated carbocycles. The number of nitrogens with one attached hydrogen (secondary N) is 2. The summed E-state index contributed by atoms with van der Waals surface area (Å²) in [5.74, 6) is 0.842. The Bertz CT molecular complexity index is 211. The molecule has 2 heteroatoms. The third-order valence-corrected chi connectivity index (χ3v) is 4.57. The monoisotopic (exact) mass is 210 g/mol. The number of hydrogen-bond donors (Lipinski definition) is 2. The van der Waals surface area contributed by atoms with Gasteiger partial charge < -0.3 is 10.6 Å². The van der Waals surface area contributed by atoms with E-state index >= 15 is 0 Å². The summed E-state index contributed by atoms with van der Waals surface area (Å²) in [5.41, 5.74) is 1.02. The molecule has 1 unspecified atom stereocenters. The largest absolute Gasteiger partial charge is 0.314 e. The first kappa shape index (κ1) is 11.4. The van der Waals surface area contributed by atoms with Gasteiger partial charge in [-0.05, 0) is 50.5 Å². The lowest BCUT2D eigenvalue weighted by Gasteiger charge is -2.27. The number of hydrogen-bond acceptors (Lipinski definition) is 2. The van der Waals surface area contributed by atoms with Gasteiger partial charge in [0.25, 0.3) is 0 Å². The van der Waals surface area contributed by atoms with Gasteiger partial charge in [0.1, 0.15) is 0 Å². The predicted molar refractivity (Wildman–Crippen MR) is 65.0 cm³/mol. The first-order valence-electron chi connectivity index (χ1n) is 6.52. The summed E-state index contributed by atoms with van der Waals surface area (Å²) < 4.78 is 0. The van der Waals surface area contributed by atoms with Crippen LogP contribution in [0.4, 0.5) is 0 Å². The highest BCUT2D eigenvalue weighted by atomic mass is 15.1. The fourth-order valence-corrected chi connectivity index (χ4v) is 2.81. The van der Waals surface area contributed by atoms with Crippen LogP contribution in [-0.2, 0) is 0 Å². The summed E-state index contributed by atoms with van der Waals surface area (Å²) in [6.45, 7) is 10.6. The van der Waals surface area contributed by atoms with Gasteiger partial charge >= 0.3 is 0 Å². The molecule has 0 spiro atoms. The van der Waals surface area contributed by atoms with Gasteiger partial charge in [-0.3, -0.25) is 0 Å². The molecule has 0 aromatic heterocycles. The van der Waals surface area contributed by atoms with Gasteiger partial charge in [0.05, 0.1) is 0 Å². The van der Waals surface area contributed by atoms with Gasteiger partial charge in [0.2, 0.25) is 0 Å². The fraction of sp³-hybridized carbons (Fsp3) is 1.00. The Balaban J connectivity index is 1.71. The van der Waals surface area contributed by atoms with E-state index in [1.54, 1.807) is 0 Å². The van der Waals surface area contributed by atoms with E-state index in [0.29, 0.717) is 11.0 Å². The van der Waals surface area contributed by atoms with Crippen LogP contribution in [-0.4, -0.2) is 25.2 Å². The molecule has 2 nitrogen and oxygen atoms in total. The van der Waals surface area contributed by atoms with Crippen molar-refractivity contribution in [3.63, 3.8) is 0 Å². The van der Waals surface area contributed by atoms with Crippen LogP contribution in [0, 0.1) is 11.3 Å². The zero-order valence-corrected chi connectivity index (χ0v) is 10.5. The van der Waals surface area contributed by atoms with Crippen molar-refractivity contribution in [3.8, 4) is 0 Å². The smallest absolute Gasteiger partial charge is 0.0278 e. The molecule has 88 valence electrons. The van der Waals surface area contributed by atoms with Crippen molar-refractivity contribution in [2.24, 2.45) is 11.3 Å². The summed E-state index contributed by atoms with van der Waals surface area (Å²) in [7, 11) is 0. The van der Waals surface area contributed by atoms with Gasteiger partial charge in [-0.1, -0.05) is 13.8 Å². The second kappa shape index (κ2) is 4.06. The topological polar surface area (TPSA) is 24.1 Å². The predicted octanol–water partition coefficient (Wildman–Crippen LogP) is 2.15. The average molecular weight is 210 g/mol. The lowest BCUT2D eigenvalue weighted by molar-refractivity contribution is 0.308. The molecule has 1 aliphatic heterocycles. The van der Waals surface area contributed by atoms with Gasteiger partial charge in [0, 0.05) is 18.6 Å². The molecule has 0 aromatic rings. The molecular formula is C13H26N2. The molecular weight excluding hydrogens is 184 g/mol. The molecule has 0 bridgehead atoms. The Hall–Kier alpha value is -0.0800. The van der Waals surface area contributed by atoms with E-state index in [0.717, 1.165) is 12.5 Å². The van der Waals surface area contributed by atoms with Gasteiger partial charge in [-0.15, -0.1) is 0 Å². The summed E-state index contributed by atoms with van der Waals surface area (Å²) in [4.78, 5) is 0. The van der Waals surface area contributed by atoms with E-state index in [1.165, 1.54) is 38.8 Å². The Labute approximate surface area is 94.2 Å². The minimum Gasteiger partial charge on any atom is -0.314 e. The first-order valence-corrected chi connectivity index (χ1v) is 6.52. The highest BCUT2D eigenvalue weighted by Crippen LogP contribution is 2.51. The van der Waals surface area contributed by atoms with Crippen molar-refractivity contribution < 1.29 is 0 Å². The molecule has 2 fully saturated rings. The SMILES string of the molecule is CC(C)C1(CNCC2(C)CCCN2)CC1. The van der Waals surface area contributed by atoms with Crippen molar-refractivity contribution in [1.82, 2.24) is 10.6 Å². The summed E-state index contributed by atoms with van der Waals surface area (Å²) in [5, 5.41) is 7.30. The lowest BCUT2D eigenvalue weighted by Crippen LogP contribution is -2.47. The Morgan fingerprint density at radius 1 is 1.20 bits per heavy atom. The van der Waals surface area contributed by atoms with E-state index in [-0.39, 0.29) is 0 Å². The molecule has 1 saturated heterocycles. The van der Waals surface area contributed by atoms with Crippen LogP contribution in [0.1, 0.15) is 46.5 Å². The van der Waals surface area contributed by atoms with Crippen LogP contribution in [0.5, 0.6) is 0 Å². The lowest BCUT2D eigenvalue weighted by atomic mass is 9.92. The molecule has 0 aromatic carbocycles. The summed E-state index contributed by atoms with van der Waals surface area (Å²) in [6.07, 6.45) is 5.53. The summed E-state index contributed by atoms with van der Waals surface area (Å²) in [6, 6.07) is 0. The fourth-order valence-electron chi connectivity index (χ4n) is 2.81. The molecule has 2 aliphatic rings. The van der Waals surface area contributed by atoms with Crippen molar-refractivity contribution in [1.29, 1.82) is 0 Å². The van der Waals surface area contributed by atoms with Crippen molar-refractivity contribution in [3.05, 3.63) is 0 Å². The molecule has 0 amide bonds. The third-order valence-electron chi connectivity index (χ3n) is 4.57. The van der Waals surface area contributed by atoms with Crippen LogP contribution in [0.15, 0.2) is 0 Å². The number of rotatable bonds is 5. The van der Waals surface area contributed by atoms with E-state index < -0.39 is 0 Å². The zero-order chi connectivity index (χ0) is 10.9. The van der Waals surface area contributed by atoms with Crippen LogP contribution in [0.3, 0.4) is 0 Å². The highest BCUT2D eigenvalue weighted by molar-refractivity contribution is 4.98. The molecule has 2 rings (SSSR count). The maximum atomic E-state index is 3.69. The van der Waals surface area contributed by atoms with Gasteiger partial charge in [-0.25, -0.2) is 0 Å². The van der Waals surface area contributed by atoms with Crippen molar-refractivity contribution in [2.75, 3.05) is 19.6 Å². The third kappa shape index (κ3) is 2.54. The Morgan fingerprint density at radius 2 is 1.93 bits per heavy atom. The highest BCUT2D eigenvalue weighted by Gasteiger charge is 2.45. The van der Waals surface area contributed by atoms with Crippen molar-refractivity contribution >= 4 is 0 Å². The zero-order valence-electron chi connectivity index (χ0n) is 10.5. The van der Waals surface area contributed by atoms with Gasteiger partial charge in [0.15, 0.2) is 0 Å². The van der Waals surface area contributed by atoms with E-state index in [1.807, 2.05) is 0 Å². The molecule has 2 N–H and O–H groups in total. The standard InChI is InChI=1S/C13H26N2/c1-11(2)13(6-7-13)10-14-9-12(3)5-4-8-15-12/h11,14-15H,4-10H2,1-3H3. The second-order valence-corrected chi connectivity index (χ2v) is 6.21. The van der Waals surface area contributed by atoms with Crippen LogP contribution in [0.2, 0.25) is 0 Å². The van der Waals surface area contributed by atoms with Crippen molar-refractivity contribution in [2.45, 2.75) is 52.0 Å². The summed E-state index contributed by atoms with van der Waals surface area (Å²) >= 11 is 0. The normalized spacial score (nSPS) is 33.6. The minimum atomic E-state index is 0.368. The maximum absolute atomic E-state index is 3.69. The molecule has 1 atom stereocenters. The molecule has 0 radical (unpaired) electrons. The van der Waals surface area contributed by atoms with Crippen LogP contribution in [0.25, 0.3) is 0 Å². The quantitative estimate of drug-likeness (QED) is 0.726. The van der Waals surface area contributed by atoms with E-state index in [2.05, 4.69) is 31.4 Å².